The van der Waals surface area contributed by atoms with Crippen LogP contribution in [0.5, 0.6) is 0 Å². The largest absolute Gasteiger partial charge is 0.301 e. The molecular formula is C17H18N3O+. The zero-order chi connectivity index (χ0) is 14.2. The summed E-state index contributed by atoms with van der Waals surface area (Å²) in [4.78, 5) is 20.5. The number of fused-ring (bicyclic) bond motifs is 1. The van der Waals surface area contributed by atoms with E-state index in [9.17, 15) is 4.79 Å². The summed E-state index contributed by atoms with van der Waals surface area (Å²) >= 11 is 0. The summed E-state index contributed by atoms with van der Waals surface area (Å²) in [5, 5.41) is 0. The SMILES string of the molecule is O=C1C2CCC[NH+]2C(c2ccccc2)N1c1ccccn1. The van der Waals surface area contributed by atoms with E-state index >= 15 is 0 Å². The molecule has 0 spiro atoms. The lowest BCUT2D eigenvalue weighted by atomic mass is 10.1. The molecule has 1 aromatic heterocycles. The summed E-state index contributed by atoms with van der Waals surface area (Å²) in [6, 6.07) is 16.2. The van der Waals surface area contributed by atoms with Crippen molar-refractivity contribution in [2.75, 3.05) is 11.4 Å². The summed E-state index contributed by atoms with van der Waals surface area (Å²) in [5.41, 5.74) is 1.19. The summed E-state index contributed by atoms with van der Waals surface area (Å²) in [7, 11) is 0. The molecule has 4 nitrogen and oxygen atoms in total. The number of anilines is 1. The highest BCUT2D eigenvalue weighted by Gasteiger charge is 2.53. The van der Waals surface area contributed by atoms with E-state index in [2.05, 4.69) is 17.1 Å². The van der Waals surface area contributed by atoms with E-state index in [0.29, 0.717) is 0 Å². The molecule has 3 unspecified atom stereocenters. The number of pyridine rings is 1. The molecule has 4 heteroatoms. The van der Waals surface area contributed by atoms with E-state index in [1.807, 2.05) is 41.3 Å². The predicted octanol–water partition coefficient (Wildman–Crippen LogP) is 1.17. The third-order valence-corrected chi connectivity index (χ3v) is 4.56. The molecule has 2 aliphatic rings. The first kappa shape index (κ1) is 12.5. The van der Waals surface area contributed by atoms with Crippen molar-refractivity contribution in [1.29, 1.82) is 0 Å². The van der Waals surface area contributed by atoms with Gasteiger partial charge in [-0.2, -0.15) is 0 Å². The smallest absolute Gasteiger partial charge is 0.291 e. The minimum absolute atomic E-state index is 0.0566. The summed E-state index contributed by atoms with van der Waals surface area (Å²) in [5.74, 6) is 0.980. The number of quaternary nitrogens is 1. The monoisotopic (exact) mass is 280 g/mol. The van der Waals surface area contributed by atoms with Crippen LogP contribution in [0.4, 0.5) is 5.82 Å². The Morgan fingerprint density at radius 1 is 1.10 bits per heavy atom. The van der Waals surface area contributed by atoms with Gasteiger partial charge in [0, 0.05) is 24.6 Å². The molecule has 0 aliphatic carbocycles. The Kier molecular flexibility index (Phi) is 2.97. The Bertz CT molecular complexity index is 644. The number of amides is 1. The molecule has 2 aliphatic heterocycles. The number of hydrogen-bond acceptors (Lipinski definition) is 2. The van der Waals surface area contributed by atoms with Crippen molar-refractivity contribution in [3.63, 3.8) is 0 Å². The quantitative estimate of drug-likeness (QED) is 0.897. The van der Waals surface area contributed by atoms with Gasteiger partial charge in [0.1, 0.15) is 5.82 Å². The molecule has 1 N–H and O–H groups in total. The molecule has 21 heavy (non-hydrogen) atoms. The van der Waals surface area contributed by atoms with E-state index in [-0.39, 0.29) is 18.1 Å². The molecule has 1 amide bonds. The van der Waals surface area contributed by atoms with Crippen LogP contribution >= 0.6 is 0 Å². The van der Waals surface area contributed by atoms with Gasteiger partial charge in [0.2, 0.25) is 0 Å². The maximum atomic E-state index is 12.8. The fourth-order valence-corrected chi connectivity index (χ4v) is 3.68. The lowest BCUT2D eigenvalue weighted by Gasteiger charge is -2.25. The van der Waals surface area contributed by atoms with Crippen LogP contribution in [0.15, 0.2) is 54.7 Å². The summed E-state index contributed by atoms with van der Waals surface area (Å²) in [6.07, 6.45) is 3.93. The van der Waals surface area contributed by atoms with E-state index in [4.69, 9.17) is 0 Å². The molecule has 4 rings (SSSR count). The second-order valence-electron chi connectivity index (χ2n) is 5.73. The van der Waals surface area contributed by atoms with Crippen molar-refractivity contribution in [2.24, 2.45) is 0 Å². The van der Waals surface area contributed by atoms with Crippen molar-refractivity contribution in [2.45, 2.75) is 25.0 Å². The second kappa shape index (κ2) is 4.97. The number of carbonyl (C=O) groups is 1. The number of aromatic nitrogens is 1. The molecule has 106 valence electrons. The molecule has 0 radical (unpaired) electrons. The Labute approximate surface area is 124 Å². The zero-order valence-electron chi connectivity index (χ0n) is 11.8. The van der Waals surface area contributed by atoms with Crippen molar-refractivity contribution in [1.82, 2.24) is 4.98 Å². The van der Waals surface area contributed by atoms with Crippen LogP contribution in [0.2, 0.25) is 0 Å². The summed E-state index contributed by atoms with van der Waals surface area (Å²) in [6.45, 7) is 1.05. The molecule has 3 atom stereocenters. The number of nitrogens with one attached hydrogen (secondary N) is 1. The van der Waals surface area contributed by atoms with Gasteiger partial charge in [0.05, 0.1) is 6.54 Å². The predicted molar refractivity (Wildman–Crippen MR) is 79.8 cm³/mol. The average molecular weight is 280 g/mol. The van der Waals surface area contributed by atoms with Crippen molar-refractivity contribution in [3.8, 4) is 0 Å². The molecular weight excluding hydrogens is 262 g/mol. The van der Waals surface area contributed by atoms with Crippen LogP contribution in [0.3, 0.4) is 0 Å². The Morgan fingerprint density at radius 2 is 1.90 bits per heavy atom. The van der Waals surface area contributed by atoms with E-state index < -0.39 is 0 Å². The fraction of sp³-hybridized carbons (Fsp3) is 0.294. The average Bonchev–Trinajstić information content (AvgIpc) is 3.11. The van der Waals surface area contributed by atoms with Crippen LogP contribution < -0.4 is 9.80 Å². The van der Waals surface area contributed by atoms with E-state index in [0.717, 1.165) is 25.2 Å². The minimum Gasteiger partial charge on any atom is -0.301 e. The first-order valence-corrected chi connectivity index (χ1v) is 7.51. The first-order valence-electron chi connectivity index (χ1n) is 7.51. The Hall–Kier alpha value is -2.20. The molecule has 0 saturated carbocycles. The lowest BCUT2D eigenvalue weighted by Crippen LogP contribution is -3.12. The van der Waals surface area contributed by atoms with Gasteiger partial charge in [0.15, 0.2) is 12.2 Å². The third-order valence-electron chi connectivity index (χ3n) is 4.56. The normalized spacial score (nSPS) is 27.9. The number of hydrogen-bond donors (Lipinski definition) is 1. The highest BCUT2D eigenvalue weighted by atomic mass is 16.2. The second-order valence-corrected chi connectivity index (χ2v) is 5.73. The Balaban J connectivity index is 1.81. The summed E-state index contributed by atoms with van der Waals surface area (Å²) < 4.78 is 0. The highest BCUT2D eigenvalue weighted by molar-refractivity contribution is 5.97. The number of carbonyl (C=O) groups excluding carboxylic acids is 1. The molecule has 3 heterocycles. The van der Waals surface area contributed by atoms with Gasteiger partial charge in [-0.1, -0.05) is 36.4 Å². The van der Waals surface area contributed by atoms with Gasteiger partial charge in [-0.05, 0) is 12.1 Å². The van der Waals surface area contributed by atoms with Crippen LogP contribution in [-0.2, 0) is 4.79 Å². The van der Waals surface area contributed by atoms with Crippen LogP contribution in [0.25, 0.3) is 0 Å². The third kappa shape index (κ3) is 1.94. The minimum atomic E-state index is 0.0566. The molecule has 1 aromatic carbocycles. The van der Waals surface area contributed by atoms with Crippen molar-refractivity contribution in [3.05, 3.63) is 60.3 Å². The first-order chi connectivity index (χ1) is 10.4. The van der Waals surface area contributed by atoms with Crippen LogP contribution in [-0.4, -0.2) is 23.5 Å². The van der Waals surface area contributed by atoms with E-state index in [1.54, 1.807) is 6.20 Å². The number of benzene rings is 1. The molecule has 0 bridgehead atoms. The molecule has 2 fully saturated rings. The van der Waals surface area contributed by atoms with E-state index in [1.165, 1.54) is 10.5 Å². The molecule has 2 saturated heterocycles. The van der Waals surface area contributed by atoms with Gasteiger partial charge in [-0.3, -0.25) is 4.79 Å². The van der Waals surface area contributed by atoms with Gasteiger partial charge >= 0.3 is 0 Å². The zero-order valence-corrected chi connectivity index (χ0v) is 11.8. The standard InChI is InChI=1S/C17H17N3O/c21-17-14-9-6-12-19(14)16(13-7-2-1-3-8-13)20(17)15-10-4-5-11-18-15/h1-5,7-8,10-11,14,16H,6,9,12H2/p+1. The van der Waals surface area contributed by atoms with Gasteiger partial charge in [0.25, 0.3) is 5.91 Å². The van der Waals surface area contributed by atoms with Crippen LogP contribution in [0.1, 0.15) is 24.6 Å². The highest BCUT2D eigenvalue weighted by Crippen LogP contribution is 2.29. The van der Waals surface area contributed by atoms with Gasteiger partial charge in [-0.15, -0.1) is 0 Å². The topological polar surface area (TPSA) is 37.6 Å². The maximum absolute atomic E-state index is 12.8. The number of rotatable bonds is 2. The lowest BCUT2D eigenvalue weighted by molar-refractivity contribution is -0.924. The van der Waals surface area contributed by atoms with Crippen molar-refractivity contribution < 1.29 is 9.69 Å². The fourth-order valence-electron chi connectivity index (χ4n) is 3.68. The maximum Gasteiger partial charge on any atom is 0.291 e. The Morgan fingerprint density at radius 3 is 2.67 bits per heavy atom. The molecule has 2 aromatic rings. The van der Waals surface area contributed by atoms with Crippen LogP contribution in [0, 0.1) is 0 Å². The van der Waals surface area contributed by atoms with Gasteiger partial charge in [-0.25, -0.2) is 9.88 Å². The van der Waals surface area contributed by atoms with Gasteiger partial charge < -0.3 is 4.90 Å². The number of nitrogens with zero attached hydrogens (tertiary/aromatic N) is 2. The van der Waals surface area contributed by atoms with Crippen molar-refractivity contribution >= 4 is 11.7 Å².